The second-order valence-electron chi connectivity index (χ2n) is 6.23. The van der Waals surface area contributed by atoms with Gasteiger partial charge < -0.3 is 15.4 Å². The van der Waals surface area contributed by atoms with Gasteiger partial charge in [0.15, 0.2) is 0 Å². The average Bonchev–Trinajstić information content (AvgIpc) is 2.64. The zero-order valence-corrected chi connectivity index (χ0v) is 15.7. The highest BCUT2D eigenvalue weighted by Gasteiger charge is 2.37. The standard InChI is InChI=1S/C19H16F6N2O3/c1-10-3-4-15(30-2)14(5-10)27-16(28)9-26-17(29)11-6-12(18(20,21)22)8-13(7-11)19(23,24)25/h3-8H,9H2,1-2H3,(H,26,29)(H,27,28). The van der Waals surface area contributed by atoms with E-state index in [1.807, 2.05) is 5.32 Å². The molecule has 0 spiro atoms. The molecule has 0 heterocycles. The van der Waals surface area contributed by atoms with Crippen LogP contribution >= 0.6 is 0 Å². The molecule has 0 saturated carbocycles. The fraction of sp³-hybridized carbons (Fsp3) is 0.263. The molecular weight excluding hydrogens is 418 g/mol. The lowest BCUT2D eigenvalue weighted by atomic mass is 10.0. The number of hydrogen-bond donors (Lipinski definition) is 2. The Morgan fingerprint density at radius 3 is 2.00 bits per heavy atom. The molecule has 0 aromatic heterocycles. The maximum Gasteiger partial charge on any atom is 0.416 e. The van der Waals surface area contributed by atoms with E-state index >= 15 is 0 Å². The molecule has 162 valence electrons. The highest BCUT2D eigenvalue weighted by molar-refractivity contribution is 6.00. The first-order valence-corrected chi connectivity index (χ1v) is 8.33. The molecule has 0 saturated heterocycles. The van der Waals surface area contributed by atoms with Gasteiger partial charge in [-0.3, -0.25) is 9.59 Å². The second kappa shape index (κ2) is 8.64. The van der Waals surface area contributed by atoms with Crippen LogP contribution in [0.3, 0.4) is 0 Å². The maximum absolute atomic E-state index is 12.9. The van der Waals surface area contributed by atoms with Gasteiger partial charge in [0, 0.05) is 5.56 Å². The first kappa shape index (κ1) is 23.0. The van der Waals surface area contributed by atoms with Gasteiger partial charge in [0.25, 0.3) is 5.91 Å². The number of carbonyl (C=O) groups excluding carboxylic acids is 2. The molecule has 0 aliphatic heterocycles. The Hall–Kier alpha value is -3.24. The van der Waals surface area contributed by atoms with Crippen LogP contribution in [0.4, 0.5) is 32.0 Å². The number of carbonyl (C=O) groups is 2. The van der Waals surface area contributed by atoms with Crippen molar-refractivity contribution in [2.75, 3.05) is 19.0 Å². The van der Waals surface area contributed by atoms with Crippen LogP contribution in [0.1, 0.15) is 27.0 Å². The molecule has 0 unspecified atom stereocenters. The van der Waals surface area contributed by atoms with E-state index in [4.69, 9.17) is 4.74 Å². The molecule has 11 heteroatoms. The Labute approximate surface area is 167 Å². The van der Waals surface area contributed by atoms with E-state index < -0.39 is 47.4 Å². The summed E-state index contributed by atoms with van der Waals surface area (Å²) in [6.45, 7) is 1.07. The summed E-state index contributed by atoms with van der Waals surface area (Å²) in [4.78, 5) is 24.1. The summed E-state index contributed by atoms with van der Waals surface area (Å²) in [6.07, 6.45) is -10.2. The molecule has 2 rings (SSSR count). The molecule has 0 aliphatic rings. The molecule has 0 atom stereocenters. The van der Waals surface area contributed by atoms with Gasteiger partial charge in [-0.15, -0.1) is 0 Å². The average molecular weight is 434 g/mol. The zero-order valence-electron chi connectivity index (χ0n) is 15.7. The predicted octanol–water partition coefficient (Wildman–Crippen LogP) is 4.41. The summed E-state index contributed by atoms with van der Waals surface area (Å²) < 4.78 is 82.4. The summed E-state index contributed by atoms with van der Waals surface area (Å²) in [5.41, 5.74) is -3.06. The molecule has 30 heavy (non-hydrogen) atoms. The molecule has 0 fully saturated rings. The van der Waals surface area contributed by atoms with Crippen molar-refractivity contribution in [2.45, 2.75) is 19.3 Å². The smallest absolute Gasteiger partial charge is 0.416 e. The topological polar surface area (TPSA) is 67.4 Å². The van der Waals surface area contributed by atoms with Crippen LogP contribution in [-0.4, -0.2) is 25.5 Å². The number of anilines is 1. The van der Waals surface area contributed by atoms with Crippen molar-refractivity contribution in [3.8, 4) is 5.75 Å². The minimum absolute atomic E-state index is 0.0898. The monoisotopic (exact) mass is 434 g/mol. The summed E-state index contributed by atoms with van der Waals surface area (Å²) in [5, 5.41) is 4.44. The number of ether oxygens (including phenoxy) is 1. The van der Waals surface area contributed by atoms with Crippen molar-refractivity contribution < 1.29 is 40.7 Å². The van der Waals surface area contributed by atoms with E-state index in [1.54, 1.807) is 25.1 Å². The Morgan fingerprint density at radius 1 is 0.933 bits per heavy atom. The molecule has 2 N–H and O–H groups in total. The van der Waals surface area contributed by atoms with Gasteiger partial charge in [-0.1, -0.05) is 6.07 Å². The summed E-state index contributed by atoms with van der Waals surface area (Å²) in [5.74, 6) is -1.69. The van der Waals surface area contributed by atoms with E-state index in [9.17, 15) is 35.9 Å². The van der Waals surface area contributed by atoms with Crippen molar-refractivity contribution in [1.82, 2.24) is 5.32 Å². The van der Waals surface area contributed by atoms with Crippen LogP contribution < -0.4 is 15.4 Å². The minimum atomic E-state index is -5.09. The third-order valence-corrected chi connectivity index (χ3v) is 3.89. The molecule has 2 aromatic rings. The van der Waals surface area contributed by atoms with Crippen LogP contribution in [0.5, 0.6) is 5.75 Å². The minimum Gasteiger partial charge on any atom is -0.495 e. The van der Waals surface area contributed by atoms with Crippen molar-refractivity contribution in [3.05, 3.63) is 58.7 Å². The van der Waals surface area contributed by atoms with Crippen LogP contribution in [-0.2, 0) is 17.1 Å². The van der Waals surface area contributed by atoms with Crippen molar-refractivity contribution in [1.29, 1.82) is 0 Å². The summed E-state index contributed by atoms with van der Waals surface area (Å²) >= 11 is 0. The van der Waals surface area contributed by atoms with Gasteiger partial charge >= 0.3 is 12.4 Å². The molecule has 5 nitrogen and oxygen atoms in total. The number of hydrogen-bond acceptors (Lipinski definition) is 3. The van der Waals surface area contributed by atoms with Crippen molar-refractivity contribution in [3.63, 3.8) is 0 Å². The van der Waals surface area contributed by atoms with Crippen LogP contribution in [0.25, 0.3) is 0 Å². The number of benzene rings is 2. The van der Waals surface area contributed by atoms with E-state index in [0.717, 1.165) is 5.56 Å². The van der Waals surface area contributed by atoms with Gasteiger partial charge in [-0.25, -0.2) is 0 Å². The number of aryl methyl sites for hydroxylation is 1. The van der Waals surface area contributed by atoms with E-state index in [-0.39, 0.29) is 23.9 Å². The van der Waals surface area contributed by atoms with E-state index in [1.165, 1.54) is 7.11 Å². The number of rotatable bonds is 5. The van der Waals surface area contributed by atoms with Crippen molar-refractivity contribution in [2.24, 2.45) is 0 Å². The van der Waals surface area contributed by atoms with Gasteiger partial charge in [-0.2, -0.15) is 26.3 Å². The fourth-order valence-electron chi connectivity index (χ4n) is 2.46. The fourth-order valence-corrected chi connectivity index (χ4v) is 2.46. The highest BCUT2D eigenvalue weighted by atomic mass is 19.4. The lowest BCUT2D eigenvalue weighted by Crippen LogP contribution is -2.33. The maximum atomic E-state index is 12.9. The second-order valence-corrected chi connectivity index (χ2v) is 6.23. The highest BCUT2D eigenvalue weighted by Crippen LogP contribution is 2.36. The van der Waals surface area contributed by atoms with Crippen LogP contribution in [0, 0.1) is 6.92 Å². The van der Waals surface area contributed by atoms with Gasteiger partial charge in [0.05, 0.1) is 30.5 Å². The lowest BCUT2D eigenvalue weighted by molar-refractivity contribution is -0.143. The largest absolute Gasteiger partial charge is 0.495 e. The van der Waals surface area contributed by atoms with Gasteiger partial charge in [-0.05, 0) is 42.8 Å². The third kappa shape index (κ3) is 5.88. The number of halogens is 6. The first-order chi connectivity index (χ1) is 13.8. The molecular formula is C19H16F6N2O3. The number of nitrogens with one attached hydrogen (secondary N) is 2. The molecule has 0 bridgehead atoms. The van der Waals surface area contributed by atoms with Gasteiger partial charge in [0.2, 0.25) is 5.91 Å². The Morgan fingerprint density at radius 2 is 1.50 bits per heavy atom. The zero-order chi connectivity index (χ0) is 22.7. The third-order valence-electron chi connectivity index (χ3n) is 3.89. The summed E-state index contributed by atoms with van der Waals surface area (Å²) in [6, 6.07) is 5.37. The summed E-state index contributed by atoms with van der Waals surface area (Å²) in [7, 11) is 1.37. The molecule has 2 aromatic carbocycles. The van der Waals surface area contributed by atoms with E-state index in [0.29, 0.717) is 5.75 Å². The Bertz CT molecular complexity index is 922. The molecule has 2 amide bonds. The predicted molar refractivity (Wildman–Crippen MR) is 95.1 cm³/mol. The lowest BCUT2D eigenvalue weighted by Gasteiger charge is -2.14. The normalized spacial score (nSPS) is 11.7. The Balaban J connectivity index is 2.16. The molecule has 0 radical (unpaired) electrons. The van der Waals surface area contributed by atoms with Crippen LogP contribution in [0.15, 0.2) is 36.4 Å². The first-order valence-electron chi connectivity index (χ1n) is 8.33. The van der Waals surface area contributed by atoms with Crippen LogP contribution in [0.2, 0.25) is 0 Å². The number of amides is 2. The number of alkyl halides is 6. The SMILES string of the molecule is COc1ccc(C)cc1NC(=O)CNC(=O)c1cc(C(F)(F)F)cc(C(F)(F)F)c1. The Kier molecular flexibility index (Phi) is 6.63. The number of methoxy groups -OCH3 is 1. The van der Waals surface area contributed by atoms with Crippen molar-refractivity contribution >= 4 is 17.5 Å². The van der Waals surface area contributed by atoms with Gasteiger partial charge in [0.1, 0.15) is 5.75 Å². The van der Waals surface area contributed by atoms with E-state index in [2.05, 4.69) is 5.32 Å². The quantitative estimate of drug-likeness (QED) is 0.686. The molecule has 0 aliphatic carbocycles.